The molecule has 1 aromatic heterocycles. The van der Waals surface area contributed by atoms with Crippen LogP contribution >= 0.6 is 11.8 Å². The van der Waals surface area contributed by atoms with E-state index in [1.54, 1.807) is 24.3 Å². The van der Waals surface area contributed by atoms with Crippen molar-refractivity contribution in [3.63, 3.8) is 0 Å². The molecule has 0 radical (unpaired) electrons. The number of nitrogens with one attached hydrogen (secondary N) is 1. The van der Waals surface area contributed by atoms with Crippen molar-refractivity contribution >= 4 is 29.1 Å². The standard InChI is InChI=1S/C24H27N3O3S/c1-15(2)13-18-5-7-19(8-6-18)16(3)23-26-27-24(30-23)31-14-22(29)25-21-11-9-20(10-12-21)17(4)28/h5-12,15-16H,13-14H2,1-4H3,(H,25,29). The summed E-state index contributed by atoms with van der Waals surface area (Å²) in [5.74, 6) is 1.07. The number of benzene rings is 2. The van der Waals surface area contributed by atoms with E-state index in [4.69, 9.17) is 4.42 Å². The summed E-state index contributed by atoms with van der Waals surface area (Å²) in [5.41, 5.74) is 3.67. The highest BCUT2D eigenvalue weighted by Gasteiger charge is 2.17. The smallest absolute Gasteiger partial charge is 0.277 e. The molecule has 1 unspecified atom stereocenters. The lowest BCUT2D eigenvalue weighted by molar-refractivity contribution is -0.113. The number of hydrogen-bond donors (Lipinski definition) is 1. The zero-order chi connectivity index (χ0) is 22.4. The SMILES string of the molecule is CC(=O)c1ccc(NC(=O)CSc2nnc(C(C)c3ccc(CC(C)C)cc3)o2)cc1. The van der Waals surface area contributed by atoms with Gasteiger partial charge < -0.3 is 9.73 Å². The molecule has 3 aromatic rings. The predicted molar refractivity (Wildman–Crippen MR) is 123 cm³/mol. The number of amides is 1. The molecule has 1 amide bonds. The summed E-state index contributed by atoms with van der Waals surface area (Å²) in [6, 6.07) is 15.3. The van der Waals surface area contributed by atoms with Crippen LogP contribution in [-0.4, -0.2) is 27.6 Å². The van der Waals surface area contributed by atoms with Gasteiger partial charge in [-0.05, 0) is 61.6 Å². The van der Waals surface area contributed by atoms with E-state index in [0.29, 0.717) is 28.3 Å². The molecule has 7 heteroatoms. The number of ketones is 1. The second-order valence-corrected chi connectivity index (χ2v) is 8.86. The van der Waals surface area contributed by atoms with Gasteiger partial charge in [-0.25, -0.2) is 0 Å². The first-order chi connectivity index (χ1) is 14.8. The van der Waals surface area contributed by atoms with Crippen molar-refractivity contribution in [3.05, 3.63) is 71.1 Å². The zero-order valence-corrected chi connectivity index (χ0v) is 19.0. The number of Topliss-reactive ketones (excluding diaryl/α,β-unsaturated/α-hetero) is 1. The molecule has 3 rings (SSSR count). The van der Waals surface area contributed by atoms with Crippen LogP contribution in [0.3, 0.4) is 0 Å². The van der Waals surface area contributed by atoms with E-state index in [-0.39, 0.29) is 23.4 Å². The first-order valence-corrected chi connectivity index (χ1v) is 11.3. The predicted octanol–water partition coefficient (Wildman–Crippen LogP) is 5.35. The Morgan fingerprint density at radius 2 is 1.68 bits per heavy atom. The van der Waals surface area contributed by atoms with Crippen molar-refractivity contribution in [1.29, 1.82) is 0 Å². The topological polar surface area (TPSA) is 85.1 Å². The first kappa shape index (κ1) is 22.7. The Kier molecular flexibility index (Phi) is 7.63. The summed E-state index contributed by atoms with van der Waals surface area (Å²) in [6.07, 6.45) is 1.05. The van der Waals surface area contributed by atoms with Gasteiger partial charge >= 0.3 is 0 Å². The normalized spacial score (nSPS) is 12.0. The van der Waals surface area contributed by atoms with Gasteiger partial charge in [-0.3, -0.25) is 9.59 Å². The number of anilines is 1. The third-order valence-electron chi connectivity index (χ3n) is 4.82. The molecule has 6 nitrogen and oxygen atoms in total. The molecule has 31 heavy (non-hydrogen) atoms. The number of hydrogen-bond acceptors (Lipinski definition) is 6. The lowest BCUT2D eigenvalue weighted by Gasteiger charge is -2.09. The second kappa shape index (κ2) is 10.4. The maximum Gasteiger partial charge on any atom is 0.277 e. The first-order valence-electron chi connectivity index (χ1n) is 10.3. The molecule has 0 spiro atoms. The van der Waals surface area contributed by atoms with Crippen LogP contribution < -0.4 is 5.32 Å². The van der Waals surface area contributed by atoms with E-state index in [1.165, 1.54) is 24.2 Å². The van der Waals surface area contributed by atoms with E-state index in [2.05, 4.69) is 53.6 Å². The van der Waals surface area contributed by atoms with Gasteiger partial charge in [-0.2, -0.15) is 0 Å². The highest BCUT2D eigenvalue weighted by atomic mass is 32.2. The number of nitrogens with zero attached hydrogens (tertiary/aromatic N) is 2. The Morgan fingerprint density at radius 1 is 1.00 bits per heavy atom. The number of carbonyl (C=O) groups excluding carboxylic acids is 2. The van der Waals surface area contributed by atoms with Crippen LogP contribution in [0, 0.1) is 5.92 Å². The summed E-state index contributed by atoms with van der Waals surface area (Å²) in [4.78, 5) is 23.5. The minimum absolute atomic E-state index is 0.0126. The lowest BCUT2D eigenvalue weighted by Crippen LogP contribution is -2.14. The number of carbonyl (C=O) groups is 2. The molecule has 0 bridgehead atoms. The lowest BCUT2D eigenvalue weighted by atomic mass is 9.97. The highest BCUT2D eigenvalue weighted by Crippen LogP contribution is 2.26. The van der Waals surface area contributed by atoms with Crippen LogP contribution in [-0.2, 0) is 11.2 Å². The third kappa shape index (κ3) is 6.52. The summed E-state index contributed by atoms with van der Waals surface area (Å²) in [5, 5.41) is 11.4. The Balaban J connectivity index is 1.53. The van der Waals surface area contributed by atoms with E-state index >= 15 is 0 Å². The van der Waals surface area contributed by atoms with E-state index < -0.39 is 0 Å². The maximum absolute atomic E-state index is 12.2. The van der Waals surface area contributed by atoms with Gasteiger partial charge in [0.15, 0.2) is 5.78 Å². The Hall–Kier alpha value is -2.93. The minimum Gasteiger partial charge on any atom is -0.415 e. The average molecular weight is 438 g/mol. The molecule has 162 valence electrons. The van der Waals surface area contributed by atoms with Crippen molar-refractivity contribution in [2.24, 2.45) is 5.92 Å². The molecule has 2 aromatic carbocycles. The molecular formula is C24H27N3O3S. The Morgan fingerprint density at radius 3 is 2.29 bits per heavy atom. The molecular weight excluding hydrogens is 410 g/mol. The molecule has 0 aliphatic rings. The molecule has 1 N–H and O–H groups in total. The highest BCUT2D eigenvalue weighted by molar-refractivity contribution is 7.99. The fourth-order valence-corrected chi connectivity index (χ4v) is 3.69. The van der Waals surface area contributed by atoms with Crippen LogP contribution in [0.4, 0.5) is 5.69 Å². The molecule has 1 heterocycles. The van der Waals surface area contributed by atoms with Gasteiger partial charge in [0.05, 0.1) is 11.7 Å². The van der Waals surface area contributed by atoms with Crippen LogP contribution in [0.25, 0.3) is 0 Å². The fourth-order valence-electron chi connectivity index (χ4n) is 3.12. The largest absolute Gasteiger partial charge is 0.415 e. The average Bonchev–Trinajstić information content (AvgIpc) is 3.21. The van der Waals surface area contributed by atoms with Gasteiger partial charge in [-0.15, -0.1) is 10.2 Å². The van der Waals surface area contributed by atoms with E-state index in [0.717, 1.165) is 12.0 Å². The van der Waals surface area contributed by atoms with Crippen LogP contribution in [0.5, 0.6) is 0 Å². The summed E-state index contributed by atoms with van der Waals surface area (Å²) >= 11 is 1.19. The third-order valence-corrected chi connectivity index (χ3v) is 5.64. The quantitative estimate of drug-likeness (QED) is 0.359. The molecule has 0 aliphatic carbocycles. The Bertz CT molecular complexity index is 1030. The fraction of sp³-hybridized carbons (Fsp3) is 0.333. The van der Waals surface area contributed by atoms with Crippen LogP contribution in [0.1, 0.15) is 61.0 Å². The summed E-state index contributed by atoms with van der Waals surface area (Å²) in [6.45, 7) is 7.94. The number of aromatic nitrogens is 2. The zero-order valence-electron chi connectivity index (χ0n) is 18.2. The van der Waals surface area contributed by atoms with Crippen molar-refractivity contribution in [1.82, 2.24) is 10.2 Å². The number of thioether (sulfide) groups is 1. The second-order valence-electron chi connectivity index (χ2n) is 7.94. The van der Waals surface area contributed by atoms with Gasteiger partial charge in [0, 0.05) is 11.3 Å². The van der Waals surface area contributed by atoms with Gasteiger partial charge in [0.2, 0.25) is 11.8 Å². The van der Waals surface area contributed by atoms with Gasteiger partial charge in [0.25, 0.3) is 5.22 Å². The van der Waals surface area contributed by atoms with Gasteiger partial charge in [0.1, 0.15) is 0 Å². The monoisotopic (exact) mass is 437 g/mol. The molecule has 0 fully saturated rings. The molecule has 1 atom stereocenters. The summed E-state index contributed by atoms with van der Waals surface area (Å²) in [7, 11) is 0. The summed E-state index contributed by atoms with van der Waals surface area (Å²) < 4.78 is 5.76. The van der Waals surface area contributed by atoms with Crippen molar-refractivity contribution in [2.75, 3.05) is 11.1 Å². The van der Waals surface area contributed by atoms with Crippen molar-refractivity contribution in [2.45, 2.75) is 45.3 Å². The van der Waals surface area contributed by atoms with E-state index in [9.17, 15) is 9.59 Å². The molecule has 0 saturated heterocycles. The number of rotatable bonds is 9. The Labute approximate surface area is 186 Å². The van der Waals surface area contributed by atoms with Crippen molar-refractivity contribution in [3.8, 4) is 0 Å². The maximum atomic E-state index is 12.2. The van der Waals surface area contributed by atoms with E-state index in [1.807, 2.05) is 6.92 Å². The van der Waals surface area contributed by atoms with Crippen LogP contribution in [0.2, 0.25) is 0 Å². The van der Waals surface area contributed by atoms with Crippen molar-refractivity contribution < 1.29 is 14.0 Å². The van der Waals surface area contributed by atoms with Crippen LogP contribution in [0.15, 0.2) is 58.2 Å². The molecule has 0 aliphatic heterocycles. The minimum atomic E-state index is -0.186. The van der Waals surface area contributed by atoms with Gasteiger partial charge in [-0.1, -0.05) is 49.9 Å². The molecule has 0 saturated carbocycles.